The first-order chi connectivity index (χ1) is 16.1. The van der Waals surface area contributed by atoms with E-state index in [9.17, 15) is 4.79 Å². The summed E-state index contributed by atoms with van der Waals surface area (Å²) in [5.74, 6) is 3.13. The maximum absolute atomic E-state index is 13.0. The van der Waals surface area contributed by atoms with E-state index in [2.05, 4.69) is 15.3 Å². The summed E-state index contributed by atoms with van der Waals surface area (Å²) in [5.41, 5.74) is 3.54. The molecule has 1 unspecified atom stereocenters. The lowest BCUT2D eigenvalue weighted by Gasteiger charge is -2.20. The molecular weight excluding hydrogens is 414 g/mol. The van der Waals surface area contributed by atoms with Crippen LogP contribution in [0.1, 0.15) is 45.8 Å². The third kappa shape index (κ3) is 5.06. The number of nitrogens with zero attached hydrogens (tertiary/aromatic N) is 1. The van der Waals surface area contributed by atoms with Gasteiger partial charge in [-0.1, -0.05) is 36.4 Å². The first-order valence-electron chi connectivity index (χ1n) is 10.7. The lowest BCUT2D eigenvalue weighted by atomic mass is 9.84. The zero-order chi connectivity index (χ0) is 23.2. The van der Waals surface area contributed by atoms with Gasteiger partial charge in [0.25, 0.3) is 5.91 Å². The fraction of sp³-hybridized carbons (Fsp3) is 0.148. The minimum Gasteiger partial charge on any atom is -0.497 e. The van der Waals surface area contributed by atoms with Crippen LogP contribution in [0.25, 0.3) is 0 Å². The van der Waals surface area contributed by atoms with Gasteiger partial charge in [-0.25, -0.2) is 4.98 Å². The molecule has 0 fully saturated rings. The van der Waals surface area contributed by atoms with Crippen LogP contribution in [-0.4, -0.2) is 30.1 Å². The Bertz CT molecular complexity index is 1140. The van der Waals surface area contributed by atoms with Gasteiger partial charge in [0.1, 0.15) is 17.3 Å². The third-order valence-corrected chi connectivity index (χ3v) is 5.45. The van der Waals surface area contributed by atoms with Crippen molar-refractivity contribution < 1.29 is 14.3 Å². The zero-order valence-corrected chi connectivity index (χ0v) is 18.8. The summed E-state index contributed by atoms with van der Waals surface area (Å²) in [6.07, 6.45) is 3.41. The standard InChI is InChI=1S/C27H26N3O3/c1-18(26-28-15-16-29-26)30-27(31)22-6-4-5-21(17-22)25(19-7-11-23(32-2)12-8-19)20-9-13-24(33-3)14-10-20/h4-18H,1-3H3,(H,28,29)(H,30,31). The minimum absolute atomic E-state index is 0.162. The van der Waals surface area contributed by atoms with Crippen LogP contribution in [0.4, 0.5) is 0 Å². The molecule has 6 heteroatoms. The van der Waals surface area contributed by atoms with Crippen molar-refractivity contribution in [2.45, 2.75) is 13.0 Å². The van der Waals surface area contributed by atoms with E-state index >= 15 is 0 Å². The van der Waals surface area contributed by atoms with E-state index in [0.717, 1.165) is 34.1 Å². The minimum atomic E-state index is -0.234. The Hall–Kier alpha value is -4.06. The molecule has 0 aliphatic rings. The molecule has 0 aliphatic heterocycles. The number of carbonyl (C=O) groups excluding carboxylic acids is 1. The molecule has 4 aromatic rings. The number of aromatic amines is 1. The monoisotopic (exact) mass is 440 g/mol. The van der Waals surface area contributed by atoms with Crippen molar-refractivity contribution in [1.82, 2.24) is 15.3 Å². The number of hydrogen-bond donors (Lipinski definition) is 2. The maximum atomic E-state index is 13.0. The molecule has 1 aromatic heterocycles. The van der Waals surface area contributed by atoms with Crippen molar-refractivity contribution in [1.29, 1.82) is 0 Å². The van der Waals surface area contributed by atoms with Gasteiger partial charge >= 0.3 is 0 Å². The second-order valence-corrected chi connectivity index (χ2v) is 7.58. The number of rotatable bonds is 8. The third-order valence-electron chi connectivity index (χ3n) is 5.45. The van der Waals surface area contributed by atoms with E-state index in [4.69, 9.17) is 9.47 Å². The van der Waals surface area contributed by atoms with Gasteiger partial charge in [-0.15, -0.1) is 0 Å². The molecule has 1 amide bonds. The van der Waals surface area contributed by atoms with Crippen molar-refractivity contribution in [2.24, 2.45) is 0 Å². The van der Waals surface area contributed by atoms with Crippen molar-refractivity contribution >= 4 is 5.91 Å². The normalized spacial score (nSPS) is 11.8. The number of imidazole rings is 1. The molecule has 0 spiro atoms. The van der Waals surface area contributed by atoms with Crippen LogP contribution in [0.5, 0.6) is 11.5 Å². The van der Waals surface area contributed by atoms with Gasteiger partial charge in [0.05, 0.1) is 26.2 Å². The molecule has 167 valence electrons. The molecule has 0 saturated carbocycles. The molecule has 1 heterocycles. The van der Waals surface area contributed by atoms with Crippen molar-refractivity contribution in [3.63, 3.8) is 0 Å². The quantitative estimate of drug-likeness (QED) is 0.381. The molecule has 1 radical (unpaired) electrons. The second-order valence-electron chi connectivity index (χ2n) is 7.58. The maximum Gasteiger partial charge on any atom is 0.251 e. The van der Waals surface area contributed by atoms with Gasteiger partial charge in [-0.2, -0.15) is 0 Å². The summed E-state index contributed by atoms with van der Waals surface area (Å²) in [4.78, 5) is 20.2. The smallest absolute Gasteiger partial charge is 0.251 e. The number of nitrogens with one attached hydrogen (secondary N) is 2. The SMILES string of the molecule is COc1ccc([C](c2ccc(OC)cc2)c2cccc(C(=O)NC(C)c3ncc[nH]3)c2)cc1. The van der Waals surface area contributed by atoms with Crippen LogP contribution in [0.15, 0.2) is 85.2 Å². The average Bonchev–Trinajstić information content (AvgIpc) is 3.41. The lowest BCUT2D eigenvalue weighted by molar-refractivity contribution is 0.0938. The van der Waals surface area contributed by atoms with Crippen LogP contribution >= 0.6 is 0 Å². The first kappa shape index (κ1) is 22.1. The van der Waals surface area contributed by atoms with Gasteiger partial charge in [-0.3, -0.25) is 4.79 Å². The molecular formula is C27H26N3O3. The number of benzene rings is 3. The van der Waals surface area contributed by atoms with Gasteiger partial charge in [0.15, 0.2) is 0 Å². The van der Waals surface area contributed by atoms with Crippen molar-refractivity contribution in [3.05, 3.63) is 119 Å². The molecule has 0 bridgehead atoms. The molecule has 1 atom stereocenters. The van der Waals surface area contributed by atoms with Crippen LogP contribution in [-0.2, 0) is 0 Å². The van der Waals surface area contributed by atoms with E-state index in [-0.39, 0.29) is 11.9 Å². The molecule has 3 aromatic carbocycles. The molecule has 0 aliphatic carbocycles. The zero-order valence-electron chi connectivity index (χ0n) is 18.8. The Balaban J connectivity index is 1.68. The van der Waals surface area contributed by atoms with E-state index in [1.807, 2.05) is 79.7 Å². The highest BCUT2D eigenvalue weighted by atomic mass is 16.5. The number of amides is 1. The number of methoxy groups -OCH3 is 2. The summed E-state index contributed by atoms with van der Waals surface area (Å²) in [5, 5.41) is 3.00. The lowest BCUT2D eigenvalue weighted by Crippen LogP contribution is -2.27. The van der Waals surface area contributed by atoms with Crippen molar-refractivity contribution in [3.8, 4) is 11.5 Å². The topological polar surface area (TPSA) is 76.2 Å². The molecule has 2 N–H and O–H groups in total. The number of ether oxygens (including phenoxy) is 2. The predicted octanol–water partition coefficient (Wildman–Crippen LogP) is 4.94. The highest BCUT2D eigenvalue weighted by Gasteiger charge is 2.20. The molecule has 4 rings (SSSR count). The number of carbonyl (C=O) groups is 1. The Morgan fingerprint density at radius 2 is 1.42 bits per heavy atom. The molecule has 0 saturated heterocycles. The van der Waals surface area contributed by atoms with Crippen LogP contribution in [0, 0.1) is 5.92 Å². The van der Waals surface area contributed by atoms with Crippen LogP contribution < -0.4 is 14.8 Å². The Kier molecular flexibility index (Phi) is 6.74. The largest absolute Gasteiger partial charge is 0.497 e. The number of hydrogen-bond acceptors (Lipinski definition) is 4. The van der Waals surface area contributed by atoms with Gasteiger partial charge in [0, 0.05) is 18.0 Å². The number of aromatic nitrogens is 2. The summed E-state index contributed by atoms with van der Waals surface area (Å²) in [6, 6.07) is 23.2. The summed E-state index contributed by atoms with van der Waals surface area (Å²) < 4.78 is 10.6. The Labute approximate surface area is 193 Å². The van der Waals surface area contributed by atoms with E-state index in [1.54, 1.807) is 26.6 Å². The average molecular weight is 441 g/mol. The van der Waals surface area contributed by atoms with Crippen molar-refractivity contribution in [2.75, 3.05) is 14.2 Å². The Morgan fingerprint density at radius 1 is 0.848 bits per heavy atom. The molecule has 6 nitrogen and oxygen atoms in total. The first-order valence-corrected chi connectivity index (χ1v) is 10.7. The highest BCUT2D eigenvalue weighted by Crippen LogP contribution is 2.33. The summed E-state index contributed by atoms with van der Waals surface area (Å²) in [6.45, 7) is 1.90. The highest BCUT2D eigenvalue weighted by molar-refractivity contribution is 5.94. The van der Waals surface area contributed by atoms with E-state index < -0.39 is 0 Å². The van der Waals surface area contributed by atoms with E-state index in [0.29, 0.717) is 11.4 Å². The van der Waals surface area contributed by atoms with Gasteiger partial charge < -0.3 is 19.8 Å². The van der Waals surface area contributed by atoms with E-state index in [1.165, 1.54) is 0 Å². The number of H-pyrrole nitrogens is 1. The summed E-state index contributed by atoms with van der Waals surface area (Å²) in [7, 11) is 3.30. The fourth-order valence-electron chi connectivity index (χ4n) is 3.69. The molecule has 33 heavy (non-hydrogen) atoms. The Morgan fingerprint density at radius 3 is 1.94 bits per heavy atom. The predicted molar refractivity (Wildman–Crippen MR) is 127 cm³/mol. The van der Waals surface area contributed by atoms with Gasteiger partial charge in [0.2, 0.25) is 0 Å². The van der Waals surface area contributed by atoms with Crippen LogP contribution in [0.2, 0.25) is 0 Å². The second kappa shape index (κ2) is 10.0. The van der Waals surface area contributed by atoms with Gasteiger partial charge in [-0.05, 0) is 60.0 Å². The fourth-order valence-corrected chi connectivity index (χ4v) is 3.69. The summed E-state index contributed by atoms with van der Waals surface area (Å²) >= 11 is 0. The van der Waals surface area contributed by atoms with Crippen LogP contribution in [0.3, 0.4) is 0 Å².